The van der Waals surface area contributed by atoms with Crippen molar-refractivity contribution < 1.29 is 23.8 Å². The van der Waals surface area contributed by atoms with Gasteiger partial charge in [0, 0.05) is 5.69 Å². The van der Waals surface area contributed by atoms with Gasteiger partial charge in [-0.3, -0.25) is 9.69 Å². The Balaban J connectivity index is 2.09. The Bertz CT molecular complexity index is 758. The van der Waals surface area contributed by atoms with E-state index in [0.717, 1.165) is 5.56 Å². The molecule has 24 heavy (non-hydrogen) atoms. The molecule has 1 fully saturated rings. The van der Waals surface area contributed by atoms with Gasteiger partial charge < -0.3 is 9.84 Å². The molecular weight excluding hydrogens is 313 g/mol. The van der Waals surface area contributed by atoms with Gasteiger partial charge in [0.05, 0.1) is 6.04 Å². The fourth-order valence-electron chi connectivity index (χ4n) is 2.81. The fourth-order valence-corrected chi connectivity index (χ4v) is 2.81. The Morgan fingerprint density at radius 3 is 2.38 bits per heavy atom. The number of aryl methyl sites for hydroxylation is 1. The first-order valence-electron chi connectivity index (χ1n) is 7.46. The number of aliphatic carboxylic acids is 1. The Kier molecular flexibility index (Phi) is 4.31. The van der Waals surface area contributed by atoms with Crippen LogP contribution >= 0.6 is 0 Å². The first kappa shape index (κ1) is 16.1. The van der Waals surface area contributed by atoms with Crippen molar-refractivity contribution in [2.45, 2.75) is 19.1 Å². The maximum atomic E-state index is 13.2. The lowest BCUT2D eigenvalue weighted by molar-refractivity contribution is -0.157. The molecule has 0 aromatic heterocycles. The standard InChI is InChI=1S/C18H16FNO4/c1-11-2-4-12(5-3-11)16-17(18(22)23)24-10-15(21)20(16)14-8-6-13(19)7-9-14/h2-9,16-17H,10H2,1H3,(H,22,23). The third-order valence-corrected chi connectivity index (χ3v) is 3.99. The summed E-state index contributed by atoms with van der Waals surface area (Å²) in [6.07, 6.45) is -1.20. The zero-order valence-corrected chi connectivity index (χ0v) is 13.0. The molecule has 5 nitrogen and oxygen atoms in total. The molecule has 0 radical (unpaired) electrons. The minimum atomic E-state index is -1.20. The van der Waals surface area contributed by atoms with E-state index in [2.05, 4.69) is 0 Å². The molecule has 0 aliphatic carbocycles. The number of carboxylic acid groups (broad SMARTS) is 1. The quantitative estimate of drug-likeness (QED) is 0.940. The molecule has 1 N–H and O–H groups in total. The van der Waals surface area contributed by atoms with Crippen LogP contribution < -0.4 is 4.90 Å². The number of carbonyl (C=O) groups excluding carboxylic acids is 1. The Hall–Kier alpha value is -2.73. The maximum absolute atomic E-state index is 13.2. The molecule has 2 atom stereocenters. The van der Waals surface area contributed by atoms with Gasteiger partial charge in [-0.1, -0.05) is 29.8 Å². The Labute approximate surface area is 138 Å². The summed E-state index contributed by atoms with van der Waals surface area (Å²) in [5.74, 6) is -1.95. The molecule has 1 aliphatic heterocycles. The predicted molar refractivity (Wildman–Crippen MR) is 85.2 cm³/mol. The molecular formula is C18H16FNO4. The van der Waals surface area contributed by atoms with Crippen LogP contribution in [0.2, 0.25) is 0 Å². The summed E-state index contributed by atoms with van der Waals surface area (Å²) in [6.45, 7) is 1.58. The van der Waals surface area contributed by atoms with Crippen molar-refractivity contribution in [3.05, 3.63) is 65.5 Å². The van der Waals surface area contributed by atoms with E-state index in [9.17, 15) is 19.1 Å². The average molecular weight is 329 g/mol. The molecule has 2 aromatic carbocycles. The van der Waals surface area contributed by atoms with Gasteiger partial charge in [0.25, 0.3) is 5.91 Å². The molecule has 1 saturated heterocycles. The van der Waals surface area contributed by atoms with Gasteiger partial charge in [0.15, 0.2) is 6.10 Å². The minimum absolute atomic E-state index is 0.337. The van der Waals surface area contributed by atoms with Crippen molar-refractivity contribution in [3.8, 4) is 0 Å². The molecule has 0 bridgehead atoms. The molecule has 2 unspecified atom stereocenters. The maximum Gasteiger partial charge on any atom is 0.335 e. The van der Waals surface area contributed by atoms with E-state index in [1.165, 1.54) is 29.2 Å². The van der Waals surface area contributed by atoms with Crippen molar-refractivity contribution in [2.75, 3.05) is 11.5 Å². The second-order valence-electron chi connectivity index (χ2n) is 5.67. The Morgan fingerprint density at radius 2 is 1.79 bits per heavy atom. The molecule has 6 heteroatoms. The summed E-state index contributed by atoms with van der Waals surface area (Å²) >= 11 is 0. The van der Waals surface area contributed by atoms with Crippen LogP contribution in [-0.2, 0) is 14.3 Å². The van der Waals surface area contributed by atoms with Crippen molar-refractivity contribution in [1.82, 2.24) is 0 Å². The highest BCUT2D eigenvalue weighted by atomic mass is 19.1. The predicted octanol–water partition coefficient (Wildman–Crippen LogP) is 2.69. The van der Waals surface area contributed by atoms with E-state index in [1.54, 1.807) is 12.1 Å². The van der Waals surface area contributed by atoms with Gasteiger partial charge in [-0.25, -0.2) is 9.18 Å². The van der Waals surface area contributed by atoms with E-state index in [0.29, 0.717) is 11.3 Å². The third kappa shape index (κ3) is 3.00. The van der Waals surface area contributed by atoms with Gasteiger partial charge in [0.2, 0.25) is 0 Å². The summed E-state index contributed by atoms with van der Waals surface area (Å²) in [6, 6.07) is 11.8. The zero-order valence-electron chi connectivity index (χ0n) is 13.0. The number of carbonyl (C=O) groups is 2. The number of hydrogen-bond donors (Lipinski definition) is 1. The number of amides is 1. The topological polar surface area (TPSA) is 66.8 Å². The number of morpholine rings is 1. The number of nitrogens with zero attached hydrogens (tertiary/aromatic N) is 1. The van der Waals surface area contributed by atoms with Crippen LogP contribution in [0.3, 0.4) is 0 Å². The number of carboxylic acids is 1. The van der Waals surface area contributed by atoms with Crippen molar-refractivity contribution in [2.24, 2.45) is 0 Å². The number of benzene rings is 2. The number of hydrogen-bond acceptors (Lipinski definition) is 3. The molecule has 124 valence electrons. The first-order valence-corrected chi connectivity index (χ1v) is 7.46. The van der Waals surface area contributed by atoms with Gasteiger partial charge in [-0.05, 0) is 36.8 Å². The largest absolute Gasteiger partial charge is 0.479 e. The summed E-state index contributed by atoms with van der Waals surface area (Å²) < 4.78 is 18.5. The van der Waals surface area contributed by atoms with Gasteiger partial charge in [-0.2, -0.15) is 0 Å². The summed E-state index contributed by atoms with van der Waals surface area (Å²) in [4.78, 5) is 25.4. The summed E-state index contributed by atoms with van der Waals surface area (Å²) in [7, 11) is 0. The number of halogens is 1. The van der Waals surface area contributed by atoms with Crippen LogP contribution in [0.5, 0.6) is 0 Å². The zero-order chi connectivity index (χ0) is 17.3. The van der Waals surface area contributed by atoms with E-state index < -0.39 is 23.9 Å². The number of rotatable bonds is 3. The van der Waals surface area contributed by atoms with E-state index >= 15 is 0 Å². The van der Waals surface area contributed by atoms with E-state index in [4.69, 9.17) is 4.74 Å². The smallest absolute Gasteiger partial charge is 0.335 e. The van der Waals surface area contributed by atoms with Crippen molar-refractivity contribution >= 4 is 17.6 Å². The van der Waals surface area contributed by atoms with Crippen LogP contribution in [0, 0.1) is 12.7 Å². The van der Waals surface area contributed by atoms with Crippen LogP contribution in [0.15, 0.2) is 48.5 Å². The highest BCUT2D eigenvalue weighted by Crippen LogP contribution is 2.35. The van der Waals surface area contributed by atoms with Crippen molar-refractivity contribution in [3.63, 3.8) is 0 Å². The molecule has 0 spiro atoms. The lowest BCUT2D eigenvalue weighted by Gasteiger charge is -2.39. The van der Waals surface area contributed by atoms with E-state index in [1.807, 2.05) is 19.1 Å². The van der Waals surface area contributed by atoms with E-state index in [-0.39, 0.29) is 12.5 Å². The SMILES string of the molecule is Cc1ccc(C2C(C(=O)O)OCC(=O)N2c2ccc(F)cc2)cc1. The van der Waals surface area contributed by atoms with Gasteiger partial charge in [-0.15, -0.1) is 0 Å². The lowest BCUT2D eigenvalue weighted by atomic mass is 9.96. The number of anilines is 1. The Morgan fingerprint density at radius 1 is 1.17 bits per heavy atom. The van der Waals surface area contributed by atoms with Crippen molar-refractivity contribution in [1.29, 1.82) is 0 Å². The van der Waals surface area contributed by atoms with Crippen LogP contribution in [0.4, 0.5) is 10.1 Å². The summed E-state index contributed by atoms with van der Waals surface area (Å²) in [5, 5.41) is 9.50. The third-order valence-electron chi connectivity index (χ3n) is 3.99. The second kappa shape index (κ2) is 6.41. The van der Waals surface area contributed by atoms with Gasteiger partial charge in [0.1, 0.15) is 12.4 Å². The van der Waals surface area contributed by atoms with Crippen LogP contribution in [-0.4, -0.2) is 29.7 Å². The monoisotopic (exact) mass is 329 g/mol. The van der Waals surface area contributed by atoms with Crippen LogP contribution in [0.1, 0.15) is 17.2 Å². The molecule has 1 heterocycles. The van der Waals surface area contributed by atoms with Crippen LogP contribution in [0.25, 0.3) is 0 Å². The molecule has 1 aliphatic rings. The van der Waals surface area contributed by atoms with Gasteiger partial charge >= 0.3 is 5.97 Å². The fraction of sp³-hybridized carbons (Fsp3) is 0.222. The number of ether oxygens (including phenoxy) is 1. The molecule has 1 amide bonds. The highest BCUT2D eigenvalue weighted by molar-refractivity contribution is 5.97. The molecule has 0 saturated carbocycles. The minimum Gasteiger partial charge on any atom is -0.479 e. The summed E-state index contributed by atoms with van der Waals surface area (Å²) in [5.41, 5.74) is 2.09. The highest BCUT2D eigenvalue weighted by Gasteiger charge is 2.42. The normalized spacial score (nSPS) is 20.9. The average Bonchev–Trinajstić information content (AvgIpc) is 2.56. The first-order chi connectivity index (χ1) is 11.5. The molecule has 3 rings (SSSR count). The second-order valence-corrected chi connectivity index (χ2v) is 5.67. The molecule has 2 aromatic rings. The lowest BCUT2D eigenvalue weighted by Crippen LogP contribution is -2.52.